The van der Waals surface area contributed by atoms with Crippen LogP contribution in [0.5, 0.6) is 5.75 Å². The number of aromatic nitrogens is 2. The Morgan fingerprint density at radius 2 is 1.85 bits per heavy atom. The van der Waals surface area contributed by atoms with E-state index in [1.54, 1.807) is 30.5 Å². The van der Waals surface area contributed by atoms with Gasteiger partial charge in [0, 0.05) is 18.7 Å². The van der Waals surface area contributed by atoms with Gasteiger partial charge in [0.25, 0.3) is 0 Å². The summed E-state index contributed by atoms with van der Waals surface area (Å²) in [5, 5.41) is 5.39. The Morgan fingerprint density at radius 1 is 1.07 bits per heavy atom. The molecule has 0 radical (unpaired) electrons. The molecule has 27 heavy (non-hydrogen) atoms. The molecule has 0 aliphatic rings. The van der Waals surface area contributed by atoms with Crippen LogP contribution in [0.1, 0.15) is 12.6 Å². The summed E-state index contributed by atoms with van der Waals surface area (Å²) < 4.78 is 5.19. The molecule has 7 heteroatoms. The van der Waals surface area contributed by atoms with Crippen LogP contribution in [0.4, 0.5) is 11.4 Å². The molecule has 3 aromatic rings. The number of rotatable bonds is 5. The summed E-state index contributed by atoms with van der Waals surface area (Å²) in [5.74, 6) is -0.0550. The molecule has 2 amide bonds. The second-order valence-electron chi connectivity index (χ2n) is 5.70. The molecule has 0 fully saturated rings. The van der Waals surface area contributed by atoms with Crippen LogP contribution < -0.4 is 15.4 Å². The highest BCUT2D eigenvalue weighted by Crippen LogP contribution is 2.27. The molecule has 2 aromatic carbocycles. The normalized spacial score (nSPS) is 10.7. The summed E-state index contributed by atoms with van der Waals surface area (Å²) in [6.45, 7) is 1.40. The van der Waals surface area contributed by atoms with Gasteiger partial charge >= 0.3 is 0 Å². The first-order valence-corrected chi connectivity index (χ1v) is 8.21. The molecule has 1 heterocycles. The summed E-state index contributed by atoms with van der Waals surface area (Å²) >= 11 is 0. The SMILES string of the molecule is COc1ccc(NC(=O)/C=C/c2cnc3ccccc3n2)cc1NC(C)=O. The molecular formula is C20H18N4O3. The van der Waals surface area contributed by atoms with Crippen LogP contribution in [0.15, 0.2) is 54.7 Å². The summed E-state index contributed by atoms with van der Waals surface area (Å²) in [6.07, 6.45) is 4.57. The largest absolute Gasteiger partial charge is 0.495 e. The monoisotopic (exact) mass is 362 g/mol. The van der Waals surface area contributed by atoms with Crippen molar-refractivity contribution in [2.75, 3.05) is 17.7 Å². The second kappa shape index (κ2) is 8.09. The van der Waals surface area contributed by atoms with Crippen molar-refractivity contribution in [2.45, 2.75) is 6.92 Å². The zero-order chi connectivity index (χ0) is 19.2. The lowest BCUT2D eigenvalue weighted by Gasteiger charge is -2.11. The number of nitrogens with zero attached hydrogens (tertiary/aromatic N) is 2. The molecule has 0 unspecified atom stereocenters. The van der Waals surface area contributed by atoms with E-state index < -0.39 is 0 Å². The molecule has 0 spiro atoms. The van der Waals surface area contributed by atoms with Crippen molar-refractivity contribution in [2.24, 2.45) is 0 Å². The van der Waals surface area contributed by atoms with Gasteiger partial charge in [-0.2, -0.15) is 0 Å². The van der Waals surface area contributed by atoms with E-state index in [9.17, 15) is 9.59 Å². The van der Waals surface area contributed by atoms with E-state index in [0.29, 0.717) is 22.8 Å². The Labute approximate surface area is 156 Å². The minimum atomic E-state index is -0.330. The van der Waals surface area contributed by atoms with Crippen LogP contribution in [0.25, 0.3) is 17.1 Å². The Bertz CT molecular complexity index is 1030. The summed E-state index contributed by atoms with van der Waals surface area (Å²) in [7, 11) is 1.51. The van der Waals surface area contributed by atoms with Gasteiger partial charge in [-0.25, -0.2) is 4.98 Å². The van der Waals surface area contributed by atoms with Crippen LogP contribution in [0.3, 0.4) is 0 Å². The predicted octanol–water partition coefficient (Wildman–Crippen LogP) is 3.25. The molecule has 0 saturated heterocycles. The topological polar surface area (TPSA) is 93.2 Å². The van der Waals surface area contributed by atoms with Gasteiger partial charge in [-0.05, 0) is 36.4 Å². The lowest BCUT2D eigenvalue weighted by Crippen LogP contribution is -2.10. The molecule has 136 valence electrons. The molecule has 2 N–H and O–H groups in total. The van der Waals surface area contributed by atoms with Crippen molar-refractivity contribution in [3.63, 3.8) is 0 Å². The highest BCUT2D eigenvalue weighted by molar-refractivity contribution is 6.02. The lowest BCUT2D eigenvalue weighted by atomic mass is 10.2. The average Bonchev–Trinajstić information content (AvgIpc) is 2.66. The maximum atomic E-state index is 12.2. The maximum absolute atomic E-state index is 12.2. The number of para-hydroxylation sites is 2. The van der Waals surface area contributed by atoms with E-state index in [4.69, 9.17) is 4.74 Å². The van der Waals surface area contributed by atoms with Crippen LogP contribution in [0, 0.1) is 0 Å². The molecule has 1 aromatic heterocycles. The van der Waals surface area contributed by atoms with Gasteiger partial charge in [0.15, 0.2) is 0 Å². The standard InChI is InChI=1S/C20H18N4O3/c1-13(25)22-18-11-14(7-9-19(18)27-2)24-20(26)10-8-15-12-21-16-5-3-4-6-17(16)23-15/h3-12H,1-2H3,(H,22,25)(H,24,26)/b10-8+. The van der Waals surface area contributed by atoms with E-state index >= 15 is 0 Å². The van der Waals surface area contributed by atoms with Crippen molar-refractivity contribution >= 4 is 40.3 Å². The Hall–Kier alpha value is -3.74. The van der Waals surface area contributed by atoms with Crippen LogP contribution in [-0.4, -0.2) is 28.9 Å². The number of carbonyl (C=O) groups is 2. The molecule has 0 saturated carbocycles. The number of amides is 2. The van der Waals surface area contributed by atoms with E-state index in [2.05, 4.69) is 20.6 Å². The van der Waals surface area contributed by atoms with E-state index in [1.807, 2.05) is 24.3 Å². The van der Waals surface area contributed by atoms with Crippen molar-refractivity contribution in [1.29, 1.82) is 0 Å². The first-order valence-electron chi connectivity index (χ1n) is 8.21. The number of ether oxygens (including phenoxy) is 1. The second-order valence-corrected chi connectivity index (χ2v) is 5.70. The summed E-state index contributed by atoms with van der Waals surface area (Å²) in [5.41, 5.74) is 3.14. The fourth-order valence-corrected chi connectivity index (χ4v) is 2.47. The third-order valence-electron chi connectivity index (χ3n) is 3.65. The number of hydrogen-bond acceptors (Lipinski definition) is 5. The number of hydrogen-bond donors (Lipinski definition) is 2. The van der Waals surface area contributed by atoms with Gasteiger partial charge in [-0.1, -0.05) is 12.1 Å². The first kappa shape index (κ1) is 18.1. The van der Waals surface area contributed by atoms with Gasteiger partial charge in [0.1, 0.15) is 5.75 Å². The van der Waals surface area contributed by atoms with Crippen LogP contribution in [0.2, 0.25) is 0 Å². The van der Waals surface area contributed by atoms with Crippen molar-refractivity contribution in [3.8, 4) is 5.75 Å². The van der Waals surface area contributed by atoms with Gasteiger partial charge in [0.05, 0.1) is 35.7 Å². The highest BCUT2D eigenvalue weighted by atomic mass is 16.5. The average molecular weight is 362 g/mol. The van der Waals surface area contributed by atoms with E-state index in [0.717, 1.165) is 11.0 Å². The zero-order valence-electron chi connectivity index (χ0n) is 14.9. The third-order valence-corrected chi connectivity index (χ3v) is 3.65. The molecule has 0 atom stereocenters. The summed E-state index contributed by atoms with van der Waals surface area (Å²) in [6, 6.07) is 12.5. The smallest absolute Gasteiger partial charge is 0.248 e. The minimum absolute atomic E-state index is 0.230. The predicted molar refractivity (Wildman–Crippen MR) is 104 cm³/mol. The molecule has 0 aliphatic carbocycles. The molecule has 0 bridgehead atoms. The molecular weight excluding hydrogens is 344 g/mol. The van der Waals surface area contributed by atoms with Crippen molar-refractivity contribution < 1.29 is 14.3 Å². The number of carbonyl (C=O) groups excluding carboxylic acids is 2. The quantitative estimate of drug-likeness (QED) is 0.680. The van der Waals surface area contributed by atoms with Crippen LogP contribution >= 0.6 is 0 Å². The van der Waals surface area contributed by atoms with E-state index in [1.165, 1.54) is 20.1 Å². The number of nitrogens with one attached hydrogen (secondary N) is 2. The Kier molecular flexibility index (Phi) is 5.41. The number of anilines is 2. The summed E-state index contributed by atoms with van der Waals surface area (Å²) in [4.78, 5) is 32.2. The fourth-order valence-electron chi connectivity index (χ4n) is 2.47. The van der Waals surface area contributed by atoms with Gasteiger partial charge in [0.2, 0.25) is 11.8 Å². The fraction of sp³-hybridized carbons (Fsp3) is 0.100. The van der Waals surface area contributed by atoms with Crippen molar-refractivity contribution in [3.05, 3.63) is 60.4 Å². The number of fused-ring (bicyclic) bond motifs is 1. The molecule has 7 nitrogen and oxygen atoms in total. The Balaban J connectivity index is 1.72. The lowest BCUT2D eigenvalue weighted by molar-refractivity contribution is -0.114. The number of benzene rings is 2. The maximum Gasteiger partial charge on any atom is 0.248 e. The van der Waals surface area contributed by atoms with Crippen LogP contribution in [-0.2, 0) is 9.59 Å². The highest BCUT2D eigenvalue weighted by Gasteiger charge is 2.07. The van der Waals surface area contributed by atoms with Crippen molar-refractivity contribution in [1.82, 2.24) is 9.97 Å². The molecule has 0 aliphatic heterocycles. The van der Waals surface area contributed by atoms with E-state index in [-0.39, 0.29) is 11.8 Å². The number of methoxy groups -OCH3 is 1. The van der Waals surface area contributed by atoms with Gasteiger partial charge in [-0.3, -0.25) is 14.6 Å². The minimum Gasteiger partial charge on any atom is -0.495 e. The third kappa shape index (κ3) is 4.66. The zero-order valence-corrected chi connectivity index (χ0v) is 14.9. The van der Waals surface area contributed by atoms with Gasteiger partial charge < -0.3 is 15.4 Å². The first-order chi connectivity index (χ1) is 13.0. The Morgan fingerprint density at radius 3 is 2.59 bits per heavy atom. The molecule has 3 rings (SSSR count). The van der Waals surface area contributed by atoms with Gasteiger partial charge in [-0.15, -0.1) is 0 Å².